The van der Waals surface area contributed by atoms with Crippen molar-refractivity contribution in [2.45, 2.75) is 32.4 Å². The van der Waals surface area contributed by atoms with E-state index in [2.05, 4.69) is 18.2 Å². The molecule has 1 unspecified atom stereocenters. The first-order valence-corrected chi connectivity index (χ1v) is 10.2. The van der Waals surface area contributed by atoms with Crippen LogP contribution in [0.4, 0.5) is 0 Å². The largest absolute Gasteiger partial charge is 0.322 e. The van der Waals surface area contributed by atoms with Crippen LogP contribution in [0, 0.1) is 6.92 Å². The highest BCUT2D eigenvalue weighted by Crippen LogP contribution is 2.28. The third-order valence-electron chi connectivity index (χ3n) is 5.43. The summed E-state index contributed by atoms with van der Waals surface area (Å²) in [4.78, 5) is 23.7. The van der Waals surface area contributed by atoms with Crippen molar-refractivity contribution < 1.29 is 4.90 Å². The molecule has 0 radical (unpaired) electrons. The number of aryl methyl sites for hydroxylation is 1. The van der Waals surface area contributed by atoms with Crippen molar-refractivity contribution in [2.24, 2.45) is 0 Å². The third-order valence-corrected chi connectivity index (χ3v) is 6.58. The van der Waals surface area contributed by atoms with Crippen LogP contribution in [-0.4, -0.2) is 20.9 Å². The van der Waals surface area contributed by atoms with Crippen LogP contribution < -0.4 is 10.5 Å². The van der Waals surface area contributed by atoms with Gasteiger partial charge in [-0.15, -0.1) is 11.3 Å². The number of para-hydroxylation sites is 1. The molecule has 6 heteroatoms. The molecule has 0 amide bonds. The summed E-state index contributed by atoms with van der Waals surface area (Å²) in [7, 11) is 0. The molecule has 5 nitrogen and oxygen atoms in total. The number of aromatic nitrogens is 3. The van der Waals surface area contributed by atoms with Gasteiger partial charge in [-0.2, -0.15) is 0 Å². The summed E-state index contributed by atoms with van der Waals surface area (Å²) in [6.07, 6.45) is 2.32. The van der Waals surface area contributed by atoms with E-state index in [0.29, 0.717) is 6.04 Å². The lowest BCUT2D eigenvalue weighted by molar-refractivity contribution is -0.932. The van der Waals surface area contributed by atoms with E-state index in [-0.39, 0.29) is 5.56 Å². The lowest BCUT2D eigenvalue weighted by atomic mass is 10.2. The van der Waals surface area contributed by atoms with Crippen LogP contribution in [-0.2, 0) is 6.54 Å². The Hall–Kier alpha value is -2.57. The minimum absolute atomic E-state index is 0.00299. The number of pyridine rings is 1. The molecule has 4 heterocycles. The maximum Gasteiger partial charge on any atom is 0.258 e. The number of rotatable bonds is 3. The van der Waals surface area contributed by atoms with Gasteiger partial charge in [0.1, 0.15) is 23.9 Å². The first kappa shape index (κ1) is 16.6. The molecule has 5 rings (SSSR count). The highest BCUT2D eigenvalue weighted by molar-refractivity contribution is 7.18. The van der Waals surface area contributed by atoms with Crippen LogP contribution in [0.3, 0.4) is 0 Å². The van der Waals surface area contributed by atoms with Crippen LogP contribution in [0.25, 0.3) is 15.9 Å². The number of fused-ring (bicyclic) bond motifs is 2. The minimum atomic E-state index is 0.00299. The smallest absolute Gasteiger partial charge is 0.258 e. The van der Waals surface area contributed by atoms with Crippen molar-refractivity contribution in [3.63, 3.8) is 0 Å². The lowest BCUT2D eigenvalue weighted by Gasteiger charge is -2.19. The molecule has 3 aromatic heterocycles. The van der Waals surface area contributed by atoms with Crippen LogP contribution in [0.15, 0.2) is 53.3 Å². The van der Waals surface area contributed by atoms with Gasteiger partial charge in [0.05, 0.1) is 16.8 Å². The average molecular weight is 377 g/mol. The van der Waals surface area contributed by atoms with Crippen molar-refractivity contribution >= 4 is 27.2 Å². The fourth-order valence-corrected chi connectivity index (χ4v) is 5.31. The third kappa shape index (κ3) is 2.95. The van der Waals surface area contributed by atoms with Gasteiger partial charge in [0.25, 0.3) is 5.56 Å². The highest BCUT2D eigenvalue weighted by Gasteiger charge is 2.33. The van der Waals surface area contributed by atoms with Crippen molar-refractivity contribution in [3.05, 3.63) is 75.3 Å². The average Bonchev–Trinajstić information content (AvgIpc) is 3.27. The molecule has 1 saturated heterocycles. The summed E-state index contributed by atoms with van der Waals surface area (Å²) in [6.45, 7) is 3.79. The molecular weight excluding hydrogens is 356 g/mol. The van der Waals surface area contributed by atoms with E-state index in [1.807, 2.05) is 31.2 Å². The van der Waals surface area contributed by atoms with E-state index in [0.717, 1.165) is 42.1 Å². The number of hydrogen-bond donors (Lipinski definition) is 1. The fourth-order valence-electron chi connectivity index (χ4n) is 4.15. The van der Waals surface area contributed by atoms with Gasteiger partial charge in [-0.1, -0.05) is 18.2 Å². The normalized spacial score (nSPS) is 19.9. The molecule has 0 bridgehead atoms. The Kier molecular flexibility index (Phi) is 4.02. The molecule has 1 aliphatic heterocycles. The summed E-state index contributed by atoms with van der Waals surface area (Å²) >= 11 is 1.80. The Bertz CT molecular complexity index is 1160. The van der Waals surface area contributed by atoms with E-state index in [4.69, 9.17) is 9.97 Å². The van der Waals surface area contributed by atoms with Crippen molar-refractivity contribution in [3.8, 4) is 0 Å². The second kappa shape index (κ2) is 6.55. The van der Waals surface area contributed by atoms with Crippen LogP contribution in [0.5, 0.6) is 0 Å². The fraction of sp³-hybridized carbons (Fsp3) is 0.286. The topological polar surface area (TPSA) is 51.7 Å². The number of nitrogens with one attached hydrogen (secondary N) is 1. The molecule has 2 atom stereocenters. The monoisotopic (exact) mass is 377 g/mol. The molecule has 1 aliphatic rings. The predicted octanol–water partition coefficient (Wildman–Crippen LogP) is 2.53. The first-order chi connectivity index (χ1) is 13.2. The van der Waals surface area contributed by atoms with Crippen molar-refractivity contribution in [1.82, 2.24) is 14.4 Å². The molecule has 27 heavy (non-hydrogen) atoms. The van der Waals surface area contributed by atoms with E-state index < -0.39 is 0 Å². The minimum Gasteiger partial charge on any atom is -0.322 e. The maximum atomic E-state index is 12.6. The van der Waals surface area contributed by atoms with Crippen molar-refractivity contribution in [2.75, 3.05) is 6.54 Å². The number of hydrogen-bond acceptors (Lipinski definition) is 4. The molecule has 0 spiro atoms. The SMILES string of the molecule is Cc1cccc2nc(C[NH+]3CCC[C@@H]3c3nc4ccccc4s3)cc(=O)n12. The second-order valence-electron chi connectivity index (χ2n) is 7.25. The molecule has 1 fully saturated rings. The van der Waals surface area contributed by atoms with Gasteiger partial charge >= 0.3 is 0 Å². The van der Waals surface area contributed by atoms with E-state index >= 15 is 0 Å². The number of benzene rings is 1. The van der Waals surface area contributed by atoms with E-state index in [1.54, 1.807) is 21.8 Å². The predicted molar refractivity (Wildman–Crippen MR) is 107 cm³/mol. The number of likely N-dealkylation sites (tertiary alicyclic amines) is 1. The molecule has 4 aromatic rings. The molecule has 1 aromatic carbocycles. The van der Waals surface area contributed by atoms with E-state index in [1.165, 1.54) is 21.0 Å². The molecule has 1 N–H and O–H groups in total. The zero-order valence-corrected chi connectivity index (χ0v) is 16.0. The van der Waals surface area contributed by atoms with Crippen LogP contribution >= 0.6 is 11.3 Å². The number of quaternary nitrogens is 1. The van der Waals surface area contributed by atoms with Gasteiger partial charge < -0.3 is 4.90 Å². The zero-order valence-electron chi connectivity index (χ0n) is 15.2. The zero-order chi connectivity index (χ0) is 18.4. The lowest BCUT2D eigenvalue weighted by Crippen LogP contribution is -3.09. The van der Waals surface area contributed by atoms with Crippen LogP contribution in [0.1, 0.15) is 35.3 Å². The Morgan fingerprint density at radius 2 is 2.07 bits per heavy atom. The Balaban J connectivity index is 1.47. The Labute approximate surface area is 160 Å². The van der Waals surface area contributed by atoms with Gasteiger partial charge in [0, 0.05) is 24.6 Å². The molecule has 0 saturated carbocycles. The standard InChI is InChI=1S/C21H20N4OS/c1-14-6-4-10-19-22-15(12-20(26)25(14)19)13-24-11-5-8-17(24)21-23-16-7-2-3-9-18(16)27-21/h2-4,6-7,9-10,12,17H,5,8,11,13H2,1H3/p+1/t17-/m1/s1. The van der Waals surface area contributed by atoms with Crippen molar-refractivity contribution in [1.29, 1.82) is 0 Å². The van der Waals surface area contributed by atoms with Gasteiger partial charge in [0.2, 0.25) is 0 Å². The highest BCUT2D eigenvalue weighted by atomic mass is 32.1. The first-order valence-electron chi connectivity index (χ1n) is 9.37. The number of thiazole rings is 1. The molecule has 136 valence electrons. The summed E-state index contributed by atoms with van der Waals surface area (Å²) in [5.74, 6) is 0. The summed E-state index contributed by atoms with van der Waals surface area (Å²) in [6, 6.07) is 16.2. The quantitative estimate of drug-likeness (QED) is 0.597. The van der Waals surface area contributed by atoms with Crippen LogP contribution in [0.2, 0.25) is 0 Å². The van der Waals surface area contributed by atoms with Gasteiger partial charge in [-0.25, -0.2) is 9.97 Å². The van der Waals surface area contributed by atoms with Gasteiger partial charge in [0.15, 0.2) is 5.01 Å². The molecular formula is C21H21N4OS+. The maximum absolute atomic E-state index is 12.6. The molecule has 0 aliphatic carbocycles. The second-order valence-corrected chi connectivity index (χ2v) is 8.31. The van der Waals surface area contributed by atoms with Gasteiger partial charge in [-0.3, -0.25) is 9.20 Å². The Morgan fingerprint density at radius 1 is 1.19 bits per heavy atom. The Morgan fingerprint density at radius 3 is 2.96 bits per heavy atom. The van der Waals surface area contributed by atoms with E-state index in [9.17, 15) is 4.79 Å². The summed E-state index contributed by atoms with van der Waals surface area (Å²) < 4.78 is 2.92. The number of nitrogens with zero attached hydrogens (tertiary/aromatic N) is 3. The summed E-state index contributed by atoms with van der Waals surface area (Å²) in [5.41, 5.74) is 3.60. The summed E-state index contributed by atoms with van der Waals surface area (Å²) in [5, 5.41) is 1.21. The van der Waals surface area contributed by atoms with Gasteiger partial charge in [-0.05, 0) is 31.2 Å².